The quantitative estimate of drug-likeness (QED) is 0.818. The van der Waals surface area contributed by atoms with Crippen molar-refractivity contribution in [3.05, 3.63) is 52.5 Å². The second kappa shape index (κ2) is 7.11. The molecule has 8 heteroatoms. The van der Waals surface area contributed by atoms with Gasteiger partial charge in [0.1, 0.15) is 5.75 Å². The molecule has 2 aromatic rings. The molecule has 0 spiro atoms. The van der Waals surface area contributed by atoms with Gasteiger partial charge in [0.15, 0.2) is 0 Å². The van der Waals surface area contributed by atoms with E-state index in [1.165, 1.54) is 44.6 Å². The highest BCUT2D eigenvalue weighted by Crippen LogP contribution is 2.32. The fourth-order valence-electron chi connectivity index (χ4n) is 2.00. The molecular weight excluding hydrogens is 354 g/mol. The number of rotatable bonds is 5. The zero-order valence-electron chi connectivity index (χ0n) is 13.3. The molecule has 0 aliphatic heterocycles. The van der Waals surface area contributed by atoms with Crippen LogP contribution < -0.4 is 9.46 Å². The van der Waals surface area contributed by atoms with Crippen LogP contribution in [-0.2, 0) is 14.8 Å². The molecule has 0 fully saturated rings. The van der Waals surface area contributed by atoms with Crippen molar-refractivity contribution in [3.63, 3.8) is 0 Å². The van der Waals surface area contributed by atoms with Gasteiger partial charge in [0.05, 0.1) is 30.4 Å². The lowest BCUT2D eigenvalue weighted by atomic mass is 10.2. The highest BCUT2D eigenvalue weighted by atomic mass is 35.5. The van der Waals surface area contributed by atoms with Gasteiger partial charge >= 0.3 is 5.97 Å². The van der Waals surface area contributed by atoms with Crippen molar-refractivity contribution in [2.45, 2.75) is 11.8 Å². The Labute approximate surface area is 145 Å². The van der Waals surface area contributed by atoms with E-state index in [1.54, 1.807) is 13.0 Å². The minimum Gasteiger partial charge on any atom is -0.495 e. The number of carbonyl (C=O) groups excluding carboxylic acids is 1. The summed E-state index contributed by atoms with van der Waals surface area (Å²) in [6.45, 7) is 1.75. The number of halogens is 1. The van der Waals surface area contributed by atoms with Gasteiger partial charge in [-0.25, -0.2) is 13.2 Å². The average molecular weight is 370 g/mol. The van der Waals surface area contributed by atoms with Gasteiger partial charge in [0.2, 0.25) is 0 Å². The molecular formula is C16H16ClNO5S. The molecule has 6 nitrogen and oxygen atoms in total. The molecule has 0 atom stereocenters. The third-order valence-electron chi connectivity index (χ3n) is 3.31. The van der Waals surface area contributed by atoms with Crippen LogP contribution in [0.4, 0.5) is 5.69 Å². The van der Waals surface area contributed by atoms with E-state index in [9.17, 15) is 13.2 Å². The molecule has 0 heterocycles. The molecule has 1 N–H and O–H groups in total. The number of esters is 1. The summed E-state index contributed by atoms with van der Waals surface area (Å²) in [6, 6.07) is 8.53. The Kier molecular flexibility index (Phi) is 5.36. The van der Waals surface area contributed by atoms with Crippen LogP contribution in [0, 0.1) is 6.92 Å². The van der Waals surface area contributed by atoms with Crippen molar-refractivity contribution < 1.29 is 22.7 Å². The maximum atomic E-state index is 12.5. The summed E-state index contributed by atoms with van der Waals surface area (Å²) >= 11 is 6.01. The van der Waals surface area contributed by atoms with E-state index in [1.807, 2.05) is 0 Å². The summed E-state index contributed by atoms with van der Waals surface area (Å²) in [5, 5.41) is 0.470. The molecule has 0 saturated heterocycles. The summed E-state index contributed by atoms with van der Waals surface area (Å²) in [5.41, 5.74) is 1.24. The van der Waals surface area contributed by atoms with Gasteiger partial charge in [0, 0.05) is 11.1 Å². The first-order valence-corrected chi connectivity index (χ1v) is 8.70. The van der Waals surface area contributed by atoms with Gasteiger partial charge in [-0.2, -0.15) is 0 Å². The van der Waals surface area contributed by atoms with Gasteiger partial charge in [0.25, 0.3) is 10.0 Å². The first kappa shape index (κ1) is 18.1. The SMILES string of the molecule is COC(=O)c1ccc(S(=O)(=O)Nc2cc(C)c(Cl)cc2OC)cc1. The van der Waals surface area contributed by atoms with Gasteiger partial charge in [-0.05, 0) is 42.8 Å². The fraction of sp³-hybridized carbons (Fsp3) is 0.188. The number of sulfonamides is 1. The number of carbonyl (C=O) groups is 1. The van der Waals surface area contributed by atoms with Crippen LogP contribution in [0.25, 0.3) is 0 Å². The zero-order chi connectivity index (χ0) is 17.9. The molecule has 0 aromatic heterocycles. The van der Waals surface area contributed by atoms with E-state index in [-0.39, 0.29) is 16.1 Å². The maximum absolute atomic E-state index is 12.5. The molecule has 0 radical (unpaired) electrons. The smallest absolute Gasteiger partial charge is 0.337 e. The number of aryl methyl sites for hydroxylation is 1. The lowest BCUT2D eigenvalue weighted by Gasteiger charge is -2.13. The number of benzene rings is 2. The third kappa shape index (κ3) is 3.80. The van der Waals surface area contributed by atoms with E-state index in [0.717, 1.165) is 0 Å². The highest BCUT2D eigenvalue weighted by Gasteiger charge is 2.18. The largest absolute Gasteiger partial charge is 0.495 e. The Hall–Kier alpha value is -2.25. The highest BCUT2D eigenvalue weighted by molar-refractivity contribution is 7.92. The normalized spacial score (nSPS) is 11.0. The lowest BCUT2D eigenvalue weighted by molar-refractivity contribution is 0.0600. The van der Waals surface area contributed by atoms with Gasteiger partial charge in [-0.1, -0.05) is 11.6 Å². The van der Waals surface area contributed by atoms with Crippen LogP contribution >= 0.6 is 11.6 Å². The van der Waals surface area contributed by atoms with Crippen molar-refractivity contribution in [2.75, 3.05) is 18.9 Å². The molecule has 0 aliphatic carbocycles. The number of hydrogen-bond donors (Lipinski definition) is 1. The maximum Gasteiger partial charge on any atom is 0.337 e. The summed E-state index contributed by atoms with van der Waals surface area (Å²) in [6.07, 6.45) is 0. The first-order chi connectivity index (χ1) is 11.3. The van der Waals surface area contributed by atoms with Crippen LogP contribution in [0.3, 0.4) is 0 Å². The van der Waals surface area contributed by atoms with Gasteiger partial charge < -0.3 is 9.47 Å². The molecule has 0 saturated carbocycles. The monoisotopic (exact) mass is 369 g/mol. The lowest BCUT2D eigenvalue weighted by Crippen LogP contribution is -2.14. The predicted octanol–water partition coefficient (Wildman–Crippen LogP) is 3.24. The summed E-state index contributed by atoms with van der Waals surface area (Å²) < 4.78 is 37.2. The predicted molar refractivity (Wildman–Crippen MR) is 91.3 cm³/mol. The van der Waals surface area contributed by atoms with Gasteiger partial charge in [-0.15, -0.1) is 0 Å². The van der Waals surface area contributed by atoms with Crippen LogP contribution in [0.2, 0.25) is 5.02 Å². The molecule has 0 aliphatic rings. The summed E-state index contributed by atoms with van der Waals surface area (Å²) in [4.78, 5) is 11.4. The Morgan fingerprint density at radius 2 is 1.75 bits per heavy atom. The van der Waals surface area contributed by atoms with Crippen LogP contribution in [0.15, 0.2) is 41.3 Å². The molecule has 2 rings (SSSR count). The molecule has 0 bridgehead atoms. The second-order valence-electron chi connectivity index (χ2n) is 4.92. The molecule has 24 heavy (non-hydrogen) atoms. The Balaban J connectivity index is 2.35. The van der Waals surface area contributed by atoms with Crippen molar-refractivity contribution in [1.82, 2.24) is 0 Å². The standard InChI is InChI=1S/C16H16ClNO5S/c1-10-8-14(15(22-2)9-13(10)17)18-24(20,21)12-6-4-11(5-7-12)16(19)23-3/h4-9,18H,1-3H3. The topological polar surface area (TPSA) is 81.7 Å². The Morgan fingerprint density at radius 1 is 1.12 bits per heavy atom. The molecule has 0 unspecified atom stereocenters. The van der Waals surface area contributed by atoms with E-state index in [4.69, 9.17) is 16.3 Å². The molecule has 128 valence electrons. The average Bonchev–Trinajstić information content (AvgIpc) is 2.57. The number of hydrogen-bond acceptors (Lipinski definition) is 5. The number of anilines is 1. The minimum atomic E-state index is -3.85. The van der Waals surface area contributed by atoms with Gasteiger partial charge in [-0.3, -0.25) is 4.72 Å². The van der Waals surface area contributed by atoms with Crippen molar-refractivity contribution >= 4 is 33.3 Å². The van der Waals surface area contributed by atoms with Crippen LogP contribution in [-0.4, -0.2) is 28.6 Å². The minimum absolute atomic E-state index is 0.00445. The fourth-order valence-corrected chi connectivity index (χ4v) is 3.22. The van der Waals surface area contributed by atoms with Crippen molar-refractivity contribution in [2.24, 2.45) is 0 Å². The summed E-state index contributed by atoms with van der Waals surface area (Å²) in [5.74, 6) is -0.234. The third-order valence-corrected chi connectivity index (χ3v) is 5.10. The van der Waals surface area contributed by atoms with Crippen LogP contribution in [0.5, 0.6) is 5.75 Å². The number of ether oxygens (including phenoxy) is 2. The number of nitrogens with one attached hydrogen (secondary N) is 1. The summed E-state index contributed by atoms with van der Waals surface area (Å²) in [7, 11) is -1.18. The van der Waals surface area contributed by atoms with E-state index in [0.29, 0.717) is 16.3 Å². The van der Waals surface area contributed by atoms with E-state index < -0.39 is 16.0 Å². The van der Waals surface area contributed by atoms with E-state index >= 15 is 0 Å². The van der Waals surface area contributed by atoms with Crippen molar-refractivity contribution in [3.8, 4) is 5.75 Å². The van der Waals surface area contributed by atoms with Crippen LogP contribution in [0.1, 0.15) is 15.9 Å². The Morgan fingerprint density at radius 3 is 2.29 bits per heavy atom. The zero-order valence-corrected chi connectivity index (χ0v) is 14.9. The van der Waals surface area contributed by atoms with E-state index in [2.05, 4.69) is 9.46 Å². The molecule has 0 amide bonds. The second-order valence-corrected chi connectivity index (χ2v) is 7.01. The first-order valence-electron chi connectivity index (χ1n) is 6.84. The Bertz CT molecular complexity index is 863. The number of methoxy groups -OCH3 is 2. The molecule has 2 aromatic carbocycles. The van der Waals surface area contributed by atoms with Crippen molar-refractivity contribution in [1.29, 1.82) is 0 Å².